The van der Waals surface area contributed by atoms with Gasteiger partial charge < -0.3 is 24.7 Å². The van der Waals surface area contributed by atoms with Crippen LogP contribution in [0.25, 0.3) is 11.0 Å². The Balaban J connectivity index is 1.65. The van der Waals surface area contributed by atoms with Crippen LogP contribution in [-0.2, 0) is 27.2 Å². The molecule has 0 unspecified atom stereocenters. The third-order valence-corrected chi connectivity index (χ3v) is 6.11. The number of aryl methyl sites for hydroxylation is 1. The van der Waals surface area contributed by atoms with Gasteiger partial charge in [0.15, 0.2) is 5.69 Å². The predicted octanol–water partition coefficient (Wildman–Crippen LogP) is 4.39. The number of nitrogens with zero attached hydrogens (tertiary/aromatic N) is 2. The van der Waals surface area contributed by atoms with Crippen LogP contribution in [-0.4, -0.2) is 47.3 Å². The first-order valence-electron chi connectivity index (χ1n) is 11.8. The summed E-state index contributed by atoms with van der Waals surface area (Å²) in [5, 5.41) is 7.03. The maximum atomic E-state index is 12.8. The second-order valence-corrected chi connectivity index (χ2v) is 8.81. The largest absolute Gasteiger partial charge is 0.464 e. The summed E-state index contributed by atoms with van der Waals surface area (Å²) < 4.78 is 12.7. The van der Waals surface area contributed by atoms with Gasteiger partial charge in [-0.1, -0.05) is 30.3 Å². The molecule has 1 aliphatic heterocycles. The van der Waals surface area contributed by atoms with Gasteiger partial charge in [0.05, 0.1) is 37.3 Å². The van der Waals surface area contributed by atoms with Crippen molar-refractivity contribution in [2.45, 2.75) is 58.2 Å². The van der Waals surface area contributed by atoms with E-state index in [4.69, 9.17) is 9.47 Å². The van der Waals surface area contributed by atoms with Crippen molar-refractivity contribution < 1.29 is 19.1 Å². The second kappa shape index (κ2) is 10.7. The first-order chi connectivity index (χ1) is 16.5. The smallest absolute Gasteiger partial charge is 0.356 e. The van der Waals surface area contributed by atoms with Crippen LogP contribution in [0.4, 0.5) is 11.4 Å². The molecule has 8 nitrogen and oxygen atoms in total. The summed E-state index contributed by atoms with van der Waals surface area (Å²) in [6.07, 6.45) is 5.57. The molecule has 2 aromatic heterocycles. The van der Waals surface area contributed by atoms with Gasteiger partial charge in [0, 0.05) is 25.0 Å². The van der Waals surface area contributed by atoms with Gasteiger partial charge in [0.2, 0.25) is 5.91 Å². The molecule has 1 aromatic carbocycles. The molecule has 0 aliphatic carbocycles. The van der Waals surface area contributed by atoms with Crippen molar-refractivity contribution in [1.82, 2.24) is 9.55 Å². The minimum Gasteiger partial charge on any atom is -0.464 e. The molecule has 1 saturated heterocycles. The van der Waals surface area contributed by atoms with Crippen LogP contribution in [0.2, 0.25) is 0 Å². The number of anilines is 2. The molecule has 34 heavy (non-hydrogen) atoms. The lowest BCUT2D eigenvalue weighted by atomic mass is 10.1. The Morgan fingerprint density at radius 1 is 1.29 bits per heavy atom. The molecule has 1 fully saturated rings. The number of benzene rings is 1. The molecule has 3 heterocycles. The Hall–Kier alpha value is -3.39. The summed E-state index contributed by atoms with van der Waals surface area (Å²) in [4.78, 5) is 29.5. The van der Waals surface area contributed by atoms with Crippen molar-refractivity contribution in [3.8, 4) is 0 Å². The molecule has 0 bridgehead atoms. The topological polar surface area (TPSA) is 94.5 Å². The number of pyridine rings is 1. The van der Waals surface area contributed by atoms with Gasteiger partial charge in [-0.05, 0) is 44.2 Å². The standard InChI is InChI=1S/C26H32N4O4/c1-17(11-12-19-8-5-4-6-9-19)28-20-14-22-23(29-18(2)31)24(26(32)33-3)30(25(22)27-15-20)16-21-10-7-13-34-21/h4-6,8-9,14-15,17,21,28H,7,10-13,16H2,1-3H3,(H,29,31)/t17-,21-/m0/s1. The summed E-state index contributed by atoms with van der Waals surface area (Å²) in [7, 11) is 1.34. The van der Waals surface area contributed by atoms with E-state index in [1.54, 1.807) is 6.20 Å². The van der Waals surface area contributed by atoms with Crippen LogP contribution in [0, 0.1) is 0 Å². The number of hydrogen-bond donors (Lipinski definition) is 2. The number of hydrogen-bond acceptors (Lipinski definition) is 6. The van der Waals surface area contributed by atoms with Crippen molar-refractivity contribution >= 4 is 34.3 Å². The zero-order chi connectivity index (χ0) is 24.1. The summed E-state index contributed by atoms with van der Waals surface area (Å²) in [6, 6.07) is 12.5. The molecule has 8 heteroatoms. The molecule has 0 spiro atoms. The average molecular weight is 465 g/mol. The second-order valence-electron chi connectivity index (χ2n) is 8.81. The zero-order valence-electron chi connectivity index (χ0n) is 20.0. The summed E-state index contributed by atoms with van der Waals surface area (Å²) >= 11 is 0. The number of ether oxygens (including phenoxy) is 2. The van der Waals surface area contributed by atoms with Gasteiger partial charge in [0.1, 0.15) is 5.65 Å². The van der Waals surface area contributed by atoms with E-state index in [0.29, 0.717) is 29.9 Å². The van der Waals surface area contributed by atoms with Crippen molar-refractivity contribution in [1.29, 1.82) is 0 Å². The van der Waals surface area contributed by atoms with E-state index < -0.39 is 5.97 Å². The van der Waals surface area contributed by atoms with E-state index in [1.807, 2.05) is 16.7 Å². The molecular formula is C26H32N4O4. The number of amides is 1. The Bertz CT molecular complexity index is 1150. The number of fused-ring (bicyclic) bond motifs is 1. The summed E-state index contributed by atoms with van der Waals surface area (Å²) in [6.45, 7) is 4.72. The maximum Gasteiger partial charge on any atom is 0.356 e. The van der Waals surface area contributed by atoms with Crippen LogP contribution in [0.5, 0.6) is 0 Å². The van der Waals surface area contributed by atoms with Crippen molar-refractivity contribution in [2.24, 2.45) is 0 Å². The van der Waals surface area contributed by atoms with E-state index in [1.165, 1.54) is 19.6 Å². The van der Waals surface area contributed by atoms with Crippen LogP contribution in [0.3, 0.4) is 0 Å². The first-order valence-corrected chi connectivity index (χ1v) is 11.8. The van der Waals surface area contributed by atoms with Crippen molar-refractivity contribution in [3.63, 3.8) is 0 Å². The number of aromatic nitrogens is 2. The molecule has 3 aromatic rings. The Kier molecular flexibility index (Phi) is 7.47. The third-order valence-electron chi connectivity index (χ3n) is 6.11. The highest BCUT2D eigenvalue weighted by Crippen LogP contribution is 2.34. The fourth-order valence-corrected chi connectivity index (χ4v) is 4.47. The number of esters is 1. The number of rotatable bonds is 9. The number of methoxy groups -OCH3 is 1. The zero-order valence-corrected chi connectivity index (χ0v) is 20.0. The highest BCUT2D eigenvalue weighted by Gasteiger charge is 2.28. The lowest BCUT2D eigenvalue weighted by molar-refractivity contribution is -0.114. The van der Waals surface area contributed by atoms with Crippen molar-refractivity contribution in [3.05, 3.63) is 53.9 Å². The molecule has 0 radical (unpaired) electrons. The van der Waals surface area contributed by atoms with Gasteiger partial charge in [-0.25, -0.2) is 9.78 Å². The molecule has 1 amide bonds. The van der Waals surface area contributed by atoms with Gasteiger partial charge in [-0.3, -0.25) is 4.79 Å². The molecular weight excluding hydrogens is 432 g/mol. The molecule has 4 rings (SSSR count). The van der Waals surface area contributed by atoms with E-state index in [2.05, 4.69) is 46.8 Å². The maximum absolute atomic E-state index is 12.8. The van der Waals surface area contributed by atoms with Gasteiger partial charge in [0.25, 0.3) is 0 Å². The lowest BCUT2D eigenvalue weighted by Crippen LogP contribution is -2.21. The Morgan fingerprint density at radius 3 is 2.76 bits per heavy atom. The minimum absolute atomic E-state index is 0.0122. The normalized spacial score (nSPS) is 16.4. The van der Waals surface area contributed by atoms with Gasteiger partial charge in [-0.15, -0.1) is 0 Å². The predicted molar refractivity (Wildman–Crippen MR) is 132 cm³/mol. The van der Waals surface area contributed by atoms with Crippen molar-refractivity contribution in [2.75, 3.05) is 24.4 Å². The monoisotopic (exact) mass is 464 g/mol. The summed E-state index contributed by atoms with van der Waals surface area (Å²) in [5.41, 5.74) is 3.43. The van der Waals surface area contributed by atoms with Crippen LogP contribution >= 0.6 is 0 Å². The van der Waals surface area contributed by atoms with E-state index in [9.17, 15) is 9.59 Å². The highest BCUT2D eigenvalue weighted by molar-refractivity contribution is 6.11. The minimum atomic E-state index is -0.523. The average Bonchev–Trinajstić information content (AvgIpc) is 3.44. The molecule has 180 valence electrons. The quantitative estimate of drug-likeness (QED) is 0.456. The van der Waals surface area contributed by atoms with Gasteiger partial charge >= 0.3 is 5.97 Å². The molecule has 2 atom stereocenters. The number of nitrogens with one attached hydrogen (secondary N) is 2. The molecule has 1 aliphatic rings. The first kappa shape index (κ1) is 23.8. The fraction of sp³-hybridized carbons (Fsp3) is 0.423. The van der Waals surface area contributed by atoms with E-state index in [0.717, 1.165) is 31.4 Å². The summed E-state index contributed by atoms with van der Waals surface area (Å²) in [5.74, 6) is -0.790. The van der Waals surface area contributed by atoms with Gasteiger partial charge in [-0.2, -0.15) is 0 Å². The van der Waals surface area contributed by atoms with E-state index in [-0.39, 0.29) is 23.7 Å². The highest BCUT2D eigenvalue weighted by atomic mass is 16.5. The number of carbonyl (C=O) groups is 2. The SMILES string of the molecule is COC(=O)c1c(NC(C)=O)c2cc(N[C@@H](C)CCc3ccccc3)cnc2n1C[C@@H]1CCCO1. The number of carbonyl (C=O) groups excluding carboxylic acids is 2. The van der Waals surface area contributed by atoms with Crippen LogP contribution in [0.15, 0.2) is 42.6 Å². The van der Waals surface area contributed by atoms with E-state index >= 15 is 0 Å². The van der Waals surface area contributed by atoms with Crippen LogP contribution < -0.4 is 10.6 Å². The Labute approximate surface area is 199 Å². The fourth-order valence-electron chi connectivity index (χ4n) is 4.47. The Morgan fingerprint density at radius 2 is 2.09 bits per heavy atom. The third kappa shape index (κ3) is 5.39. The van der Waals surface area contributed by atoms with Crippen LogP contribution in [0.1, 0.15) is 49.2 Å². The lowest BCUT2D eigenvalue weighted by Gasteiger charge is -2.16. The molecule has 0 saturated carbocycles. The molecule has 2 N–H and O–H groups in total.